The van der Waals surface area contributed by atoms with E-state index in [2.05, 4.69) is 16.0 Å². The largest absolute Gasteiger partial charge is 0.480 e. The SMILES string of the molecule is CSCCC(NC(=O)C(C)NC(=O)C(NC(=O)C(N)C(C)O)C(C)C)C(=O)O. The highest BCUT2D eigenvalue weighted by Crippen LogP contribution is 2.05. The quantitative estimate of drug-likeness (QED) is 0.225. The number of nitrogens with two attached hydrogens (primary N) is 1. The summed E-state index contributed by atoms with van der Waals surface area (Å²) < 4.78 is 0. The van der Waals surface area contributed by atoms with Crippen LogP contribution in [0.5, 0.6) is 0 Å². The number of thioether (sulfide) groups is 1. The number of aliphatic carboxylic acids is 1. The van der Waals surface area contributed by atoms with Gasteiger partial charge < -0.3 is 31.9 Å². The smallest absolute Gasteiger partial charge is 0.326 e. The molecule has 5 atom stereocenters. The van der Waals surface area contributed by atoms with E-state index in [9.17, 15) is 29.4 Å². The minimum Gasteiger partial charge on any atom is -0.480 e. The molecule has 0 spiro atoms. The molecule has 0 rings (SSSR count). The van der Waals surface area contributed by atoms with Crippen LogP contribution in [0.3, 0.4) is 0 Å². The van der Waals surface area contributed by atoms with Gasteiger partial charge in [0.15, 0.2) is 0 Å². The van der Waals surface area contributed by atoms with Crippen molar-refractivity contribution in [1.29, 1.82) is 0 Å². The fraction of sp³-hybridized carbons (Fsp3) is 0.765. The van der Waals surface area contributed by atoms with Crippen molar-refractivity contribution in [2.24, 2.45) is 11.7 Å². The van der Waals surface area contributed by atoms with Gasteiger partial charge in [-0.2, -0.15) is 11.8 Å². The van der Waals surface area contributed by atoms with Gasteiger partial charge in [0.25, 0.3) is 0 Å². The van der Waals surface area contributed by atoms with E-state index in [1.165, 1.54) is 25.6 Å². The van der Waals surface area contributed by atoms with Gasteiger partial charge in [-0.3, -0.25) is 14.4 Å². The third-order valence-electron chi connectivity index (χ3n) is 4.05. The number of carboxylic acid groups (broad SMARTS) is 1. The number of carbonyl (C=O) groups is 4. The highest BCUT2D eigenvalue weighted by molar-refractivity contribution is 7.98. The maximum atomic E-state index is 12.5. The van der Waals surface area contributed by atoms with Gasteiger partial charge >= 0.3 is 5.97 Å². The van der Waals surface area contributed by atoms with Crippen molar-refractivity contribution in [3.63, 3.8) is 0 Å². The Morgan fingerprint density at radius 2 is 1.54 bits per heavy atom. The lowest BCUT2D eigenvalue weighted by Gasteiger charge is -2.26. The summed E-state index contributed by atoms with van der Waals surface area (Å²) in [4.78, 5) is 48.0. The first-order valence-electron chi connectivity index (χ1n) is 8.98. The summed E-state index contributed by atoms with van der Waals surface area (Å²) in [5, 5.41) is 25.9. The predicted octanol–water partition coefficient (Wildman–Crippen LogP) is -1.34. The van der Waals surface area contributed by atoms with Crippen LogP contribution >= 0.6 is 11.8 Å². The first kappa shape index (κ1) is 26.1. The number of carbonyl (C=O) groups excluding carboxylic acids is 3. The van der Waals surface area contributed by atoms with Crippen LogP contribution in [-0.2, 0) is 19.2 Å². The summed E-state index contributed by atoms with van der Waals surface area (Å²) in [7, 11) is 0. The first-order chi connectivity index (χ1) is 12.9. The highest BCUT2D eigenvalue weighted by atomic mass is 32.2. The minimum atomic E-state index is -1.19. The number of hydrogen-bond donors (Lipinski definition) is 6. The third kappa shape index (κ3) is 8.89. The molecule has 0 saturated heterocycles. The zero-order valence-electron chi connectivity index (χ0n) is 16.9. The minimum absolute atomic E-state index is 0.255. The van der Waals surface area contributed by atoms with Crippen molar-refractivity contribution in [2.45, 2.75) is 64.4 Å². The van der Waals surface area contributed by atoms with E-state index in [1.807, 2.05) is 6.26 Å². The van der Waals surface area contributed by atoms with Gasteiger partial charge in [0.05, 0.1) is 6.10 Å². The predicted molar refractivity (Wildman–Crippen MR) is 107 cm³/mol. The fourth-order valence-corrected chi connectivity index (χ4v) is 2.63. The van der Waals surface area contributed by atoms with Crippen molar-refractivity contribution in [3.8, 4) is 0 Å². The monoisotopic (exact) mass is 420 g/mol. The molecular weight excluding hydrogens is 388 g/mol. The average Bonchev–Trinajstić information content (AvgIpc) is 2.60. The Morgan fingerprint density at radius 1 is 0.964 bits per heavy atom. The van der Waals surface area contributed by atoms with E-state index < -0.39 is 54.0 Å². The Labute approximate surface area is 169 Å². The van der Waals surface area contributed by atoms with Gasteiger partial charge in [0, 0.05) is 0 Å². The fourth-order valence-electron chi connectivity index (χ4n) is 2.16. The standard InChI is InChI=1S/C17H32N4O6S/c1-8(2)13(21-15(24)12(18)10(4)22)16(25)19-9(3)14(23)20-11(17(26)27)6-7-28-5/h8-13,22H,6-7,18H2,1-5H3,(H,19,25)(H,20,23)(H,21,24)(H,26,27). The first-order valence-corrected chi connectivity index (χ1v) is 10.4. The number of aliphatic hydroxyl groups excluding tert-OH is 1. The van der Waals surface area contributed by atoms with Crippen LogP contribution in [0.1, 0.15) is 34.1 Å². The van der Waals surface area contributed by atoms with E-state index in [0.29, 0.717) is 5.75 Å². The van der Waals surface area contributed by atoms with Gasteiger partial charge in [-0.15, -0.1) is 0 Å². The Hall–Kier alpha value is -1.85. The molecule has 0 aromatic rings. The number of carboxylic acids is 1. The molecule has 0 aliphatic carbocycles. The van der Waals surface area contributed by atoms with Crippen LogP contribution in [0.25, 0.3) is 0 Å². The molecule has 0 heterocycles. The van der Waals surface area contributed by atoms with Gasteiger partial charge in [-0.05, 0) is 38.2 Å². The van der Waals surface area contributed by atoms with E-state index >= 15 is 0 Å². The van der Waals surface area contributed by atoms with Crippen LogP contribution in [0, 0.1) is 5.92 Å². The summed E-state index contributed by atoms with van der Waals surface area (Å²) in [5.74, 6) is -2.85. The van der Waals surface area contributed by atoms with Crippen LogP contribution in [0.2, 0.25) is 0 Å². The van der Waals surface area contributed by atoms with Crippen molar-refractivity contribution in [3.05, 3.63) is 0 Å². The molecule has 3 amide bonds. The molecule has 5 unspecified atom stereocenters. The summed E-state index contributed by atoms with van der Waals surface area (Å²) in [6.07, 6.45) is 0.993. The molecule has 0 fully saturated rings. The molecule has 7 N–H and O–H groups in total. The van der Waals surface area contributed by atoms with Crippen LogP contribution in [0.15, 0.2) is 0 Å². The zero-order valence-corrected chi connectivity index (χ0v) is 17.7. The van der Waals surface area contributed by atoms with Crippen molar-refractivity contribution >= 4 is 35.5 Å². The Morgan fingerprint density at radius 3 is 1.96 bits per heavy atom. The second kappa shape index (κ2) is 12.6. The summed E-state index contributed by atoms with van der Waals surface area (Å²) in [5.41, 5.74) is 5.57. The second-order valence-electron chi connectivity index (χ2n) is 6.91. The van der Waals surface area contributed by atoms with Crippen molar-refractivity contribution < 1.29 is 29.4 Å². The van der Waals surface area contributed by atoms with Gasteiger partial charge in [-0.25, -0.2) is 4.79 Å². The molecule has 0 radical (unpaired) electrons. The number of rotatable bonds is 12. The number of hydrogen-bond acceptors (Lipinski definition) is 7. The van der Waals surface area contributed by atoms with Gasteiger partial charge in [-0.1, -0.05) is 13.8 Å². The van der Waals surface area contributed by atoms with E-state index in [0.717, 1.165) is 0 Å². The molecule has 0 aliphatic heterocycles. The molecular formula is C17H32N4O6S. The second-order valence-corrected chi connectivity index (χ2v) is 7.89. The van der Waals surface area contributed by atoms with Crippen molar-refractivity contribution in [2.75, 3.05) is 12.0 Å². The lowest BCUT2D eigenvalue weighted by Crippen LogP contribution is -2.58. The van der Waals surface area contributed by atoms with Crippen LogP contribution < -0.4 is 21.7 Å². The van der Waals surface area contributed by atoms with Gasteiger partial charge in [0.2, 0.25) is 17.7 Å². The van der Waals surface area contributed by atoms with Crippen LogP contribution in [-0.4, -0.2) is 76.2 Å². The molecule has 0 aromatic carbocycles. The Bertz CT molecular complexity index is 558. The molecule has 0 aliphatic rings. The topological polar surface area (TPSA) is 171 Å². The number of amides is 3. The van der Waals surface area contributed by atoms with E-state index in [-0.39, 0.29) is 12.3 Å². The Kier molecular flexibility index (Phi) is 11.7. The van der Waals surface area contributed by atoms with Crippen molar-refractivity contribution in [1.82, 2.24) is 16.0 Å². The zero-order chi connectivity index (χ0) is 22.0. The van der Waals surface area contributed by atoms with Gasteiger partial charge in [0.1, 0.15) is 24.2 Å². The third-order valence-corrected chi connectivity index (χ3v) is 4.69. The average molecular weight is 421 g/mol. The maximum Gasteiger partial charge on any atom is 0.326 e. The molecule has 162 valence electrons. The van der Waals surface area contributed by atoms with Crippen LogP contribution in [0.4, 0.5) is 0 Å². The molecule has 0 saturated carbocycles. The summed E-state index contributed by atoms with van der Waals surface area (Å²) in [6.45, 7) is 6.18. The summed E-state index contributed by atoms with van der Waals surface area (Å²) in [6, 6.07) is -4.22. The van der Waals surface area contributed by atoms with E-state index in [4.69, 9.17) is 5.73 Å². The molecule has 0 bridgehead atoms. The molecule has 0 aromatic heterocycles. The number of aliphatic hydroxyl groups is 1. The lowest BCUT2D eigenvalue weighted by molar-refractivity contribution is -0.142. The molecule has 11 heteroatoms. The molecule has 10 nitrogen and oxygen atoms in total. The molecule has 28 heavy (non-hydrogen) atoms. The summed E-state index contributed by atoms with van der Waals surface area (Å²) >= 11 is 1.46. The lowest BCUT2D eigenvalue weighted by atomic mass is 10.0. The normalized spacial score (nSPS) is 16.4. The maximum absolute atomic E-state index is 12.5. The van der Waals surface area contributed by atoms with E-state index in [1.54, 1.807) is 13.8 Å². The highest BCUT2D eigenvalue weighted by Gasteiger charge is 2.30. The Balaban J connectivity index is 4.94. The number of nitrogens with one attached hydrogen (secondary N) is 3.